The van der Waals surface area contributed by atoms with Crippen LogP contribution >= 0.6 is 0 Å². The average Bonchev–Trinajstić information content (AvgIpc) is 4.00. The molecule has 2 saturated carbocycles. The summed E-state index contributed by atoms with van der Waals surface area (Å²) in [5, 5.41) is 26.1. The Bertz CT molecular complexity index is 2530. The number of carbonyl (C=O) groups is 3. The molecule has 62 heavy (non-hydrogen) atoms. The molecule has 8 N–H and O–H groups in total. The zero-order valence-corrected chi connectivity index (χ0v) is 36.2. The van der Waals surface area contributed by atoms with Crippen LogP contribution in [0.3, 0.4) is 0 Å². The number of H-pyrrole nitrogens is 2. The lowest BCUT2D eigenvalue weighted by Crippen LogP contribution is -2.41. The van der Waals surface area contributed by atoms with Crippen molar-refractivity contribution in [2.45, 2.75) is 125 Å². The molecular formula is C39H50N10O11S2. The quantitative estimate of drug-likeness (QED) is 0.0954. The van der Waals surface area contributed by atoms with E-state index in [1.807, 2.05) is 33.8 Å². The summed E-state index contributed by atoms with van der Waals surface area (Å²) in [5.41, 5.74) is 2.62. The number of sulfonamides is 2. The molecule has 0 radical (unpaired) electrons. The molecule has 2 aromatic carbocycles. The number of fused-ring (bicyclic) bond motifs is 2. The van der Waals surface area contributed by atoms with Crippen LogP contribution in [0.2, 0.25) is 0 Å². The Morgan fingerprint density at radius 2 is 1.21 bits per heavy atom. The van der Waals surface area contributed by atoms with E-state index in [4.69, 9.17) is 18.9 Å². The van der Waals surface area contributed by atoms with E-state index < -0.39 is 38.5 Å². The molecule has 3 amide bonds. The van der Waals surface area contributed by atoms with Crippen molar-refractivity contribution in [3.63, 3.8) is 0 Å². The first-order chi connectivity index (χ1) is 29.4. The number of rotatable bonds is 10. The van der Waals surface area contributed by atoms with Gasteiger partial charge in [-0.2, -0.15) is 14.9 Å². The second kappa shape index (κ2) is 18.1. The number of anilines is 4. The molecule has 0 saturated heterocycles. The number of hydrogen-bond donors (Lipinski definition) is 8. The highest BCUT2D eigenvalue weighted by molar-refractivity contribution is 7.90. The molecule has 21 nitrogen and oxygen atoms in total. The van der Waals surface area contributed by atoms with Crippen LogP contribution in [0.15, 0.2) is 58.3 Å². The topological polar surface area (TPSA) is 286 Å². The minimum Gasteiger partial charge on any atom is -0.471 e. The molecule has 5 atom stereocenters. The molecular weight excluding hydrogens is 849 g/mol. The molecule has 2 fully saturated rings. The summed E-state index contributed by atoms with van der Waals surface area (Å²) in [6, 6.07) is 13.1. The van der Waals surface area contributed by atoms with Crippen molar-refractivity contribution < 1.29 is 50.2 Å². The Kier molecular flexibility index (Phi) is 12.9. The average molecular weight is 899 g/mol. The van der Waals surface area contributed by atoms with Gasteiger partial charge < -0.3 is 40.2 Å². The number of hydrogen-bond acceptors (Lipinski definition) is 15. The van der Waals surface area contributed by atoms with Crippen molar-refractivity contribution in [2.75, 3.05) is 10.6 Å². The van der Waals surface area contributed by atoms with Crippen molar-refractivity contribution in [1.82, 2.24) is 40.5 Å². The van der Waals surface area contributed by atoms with E-state index in [2.05, 4.69) is 46.4 Å². The van der Waals surface area contributed by atoms with Crippen LogP contribution in [-0.4, -0.2) is 86.0 Å². The van der Waals surface area contributed by atoms with Gasteiger partial charge in [0.25, 0.3) is 10.0 Å². The zero-order valence-electron chi connectivity index (χ0n) is 34.6. The van der Waals surface area contributed by atoms with Crippen molar-refractivity contribution in [3.8, 4) is 11.5 Å². The fourth-order valence-electron chi connectivity index (χ4n) is 7.64. The van der Waals surface area contributed by atoms with Gasteiger partial charge in [0.15, 0.2) is 29.4 Å². The van der Waals surface area contributed by atoms with Crippen LogP contribution in [0, 0.1) is 0 Å². The Balaban J connectivity index is 0.000000186. The standard InChI is InChI=1S/C20H27N5O5S.C19H23N5O6S/c1-11(2)21-20(26)30-14-8-7-13(9-14)16-10-18(24-23-16)22-15-5-4-6-17-19(15)29-12(3)25-31(17,27)28;1-10(2)20-18(25)29-12-7-6-11(8-12)14-9-16(23-22-14)21-13-4-3-5-15-17(13)30-19(26)24-31(15,27)28/h4-6,10-14,25H,7-9H2,1-3H3,(H,21,26)(H2,22,23,24);3-5,9-12H,6-8H2,1-2H3,(H,20,25)(H,24,26)(H2,21,22,23)/t12?,13-,14+;11-,12+/m00/s1. The van der Waals surface area contributed by atoms with Gasteiger partial charge in [-0.15, -0.1) is 0 Å². The molecule has 1 unspecified atom stereocenters. The van der Waals surface area contributed by atoms with Crippen molar-refractivity contribution in [3.05, 3.63) is 59.9 Å². The fraction of sp³-hybridized carbons (Fsp3) is 0.462. The molecule has 0 spiro atoms. The third-order valence-electron chi connectivity index (χ3n) is 10.3. The third-order valence-corrected chi connectivity index (χ3v) is 13.2. The predicted molar refractivity (Wildman–Crippen MR) is 224 cm³/mol. The number of nitrogens with zero attached hydrogens (tertiary/aromatic N) is 2. The summed E-state index contributed by atoms with van der Waals surface area (Å²) in [6.07, 6.45) is 1.83. The highest BCUT2D eigenvalue weighted by atomic mass is 32.2. The summed E-state index contributed by atoms with van der Waals surface area (Å²) < 4.78 is 74.9. The maximum Gasteiger partial charge on any atom is 0.426 e. The Hall–Kier alpha value is -6.07. The van der Waals surface area contributed by atoms with E-state index in [-0.39, 0.29) is 63.5 Å². The number of aromatic nitrogens is 4. The maximum atomic E-state index is 12.4. The Morgan fingerprint density at radius 1 is 0.726 bits per heavy atom. The van der Waals surface area contributed by atoms with Gasteiger partial charge in [-0.25, -0.2) is 35.9 Å². The smallest absolute Gasteiger partial charge is 0.426 e. The van der Waals surface area contributed by atoms with E-state index in [0.717, 1.165) is 43.5 Å². The first kappa shape index (κ1) is 44.0. The highest BCUT2D eigenvalue weighted by Crippen LogP contribution is 2.41. The molecule has 2 aliphatic carbocycles. The number of aromatic amines is 2. The predicted octanol–water partition coefficient (Wildman–Crippen LogP) is 5.66. The lowest BCUT2D eigenvalue weighted by Gasteiger charge is -2.26. The van der Waals surface area contributed by atoms with Gasteiger partial charge in [0, 0.05) is 47.4 Å². The summed E-state index contributed by atoms with van der Waals surface area (Å²) >= 11 is 0. The second-order valence-corrected chi connectivity index (χ2v) is 19.3. The summed E-state index contributed by atoms with van der Waals surface area (Å²) in [5.74, 6) is 1.53. The lowest BCUT2D eigenvalue weighted by molar-refractivity contribution is 0.0972. The summed E-state index contributed by atoms with van der Waals surface area (Å²) in [4.78, 5) is 35.2. The van der Waals surface area contributed by atoms with Gasteiger partial charge in [-0.1, -0.05) is 12.1 Å². The van der Waals surface area contributed by atoms with Gasteiger partial charge >= 0.3 is 18.3 Å². The van der Waals surface area contributed by atoms with Gasteiger partial charge in [-0.3, -0.25) is 10.2 Å². The third kappa shape index (κ3) is 10.5. The number of carbonyl (C=O) groups excluding carboxylic acids is 3. The Labute approximate surface area is 358 Å². The number of ether oxygens (including phenoxy) is 4. The van der Waals surface area contributed by atoms with Crippen LogP contribution in [0.1, 0.15) is 96.4 Å². The molecule has 0 bridgehead atoms. The first-order valence-electron chi connectivity index (χ1n) is 20.2. The SMILES string of the molecule is CC(C)NC(=O)O[C@@H]1CC[C@H](c2cc(Nc3cccc4c3OC(=O)NS4(=O)=O)n[nH]2)C1.CC(C)NC(=O)O[C@@H]1CC[C@H](c2cc(Nc3cccc4c3OC(C)NS4(=O)=O)n[nH]2)C1. The van der Waals surface area contributed by atoms with Crippen molar-refractivity contribution in [2.24, 2.45) is 0 Å². The van der Waals surface area contributed by atoms with E-state index in [0.29, 0.717) is 29.4 Å². The van der Waals surface area contributed by atoms with Gasteiger partial charge in [0.2, 0.25) is 10.0 Å². The number of benzene rings is 2. The molecule has 334 valence electrons. The maximum absolute atomic E-state index is 12.4. The Morgan fingerprint density at radius 3 is 1.71 bits per heavy atom. The van der Waals surface area contributed by atoms with Crippen LogP contribution < -0.4 is 40.2 Å². The number of para-hydroxylation sites is 2. The highest BCUT2D eigenvalue weighted by Gasteiger charge is 2.35. The number of nitrogens with one attached hydrogen (secondary N) is 8. The van der Waals surface area contributed by atoms with Crippen LogP contribution in [0.4, 0.5) is 37.4 Å². The second-order valence-electron chi connectivity index (χ2n) is 16.0. The van der Waals surface area contributed by atoms with Crippen LogP contribution in [0.5, 0.6) is 11.5 Å². The van der Waals surface area contributed by atoms with Crippen LogP contribution in [0.25, 0.3) is 0 Å². The normalized spacial score (nSPS) is 23.0. The van der Waals surface area contributed by atoms with Gasteiger partial charge in [0.05, 0.1) is 11.4 Å². The molecule has 8 rings (SSSR count). The van der Waals surface area contributed by atoms with Gasteiger partial charge in [0.1, 0.15) is 22.0 Å². The van der Waals surface area contributed by atoms with Crippen LogP contribution in [-0.2, 0) is 29.5 Å². The molecule has 4 aliphatic rings. The molecule has 23 heteroatoms. The largest absolute Gasteiger partial charge is 0.471 e. The molecule has 4 aromatic rings. The zero-order chi connectivity index (χ0) is 44.3. The minimum atomic E-state index is -3.98. The number of amides is 3. The molecule has 4 heterocycles. The van der Waals surface area contributed by atoms with E-state index >= 15 is 0 Å². The van der Waals surface area contributed by atoms with E-state index in [1.54, 1.807) is 35.9 Å². The van der Waals surface area contributed by atoms with Crippen molar-refractivity contribution in [1.29, 1.82) is 0 Å². The lowest BCUT2D eigenvalue weighted by atomic mass is 10.0. The summed E-state index contributed by atoms with van der Waals surface area (Å²) in [7, 11) is -7.60. The van der Waals surface area contributed by atoms with E-state index in [9.17, 15) is 31.2 Å². The first-order valence-corrected chi connectivity index (χ1v) is 23.2. The summed E-state index contributed by atoms with van der Waals surface area (Å²) in [6.45, 7) is 9.14. The van der Waals surface area contributed by atoms with Crippen molar-refractivity contribution >= 4 is 61.3 Å². The molecule has 2 aliphatic heterocycles. The van der Waals surface area contributed by atoms with E-state index in [1.165, 1.54) is 18.2 Å². The minimum absolute atomic E-state index is 0.0136. The fourth-order valence-corrected chi connectivity index (χ4v) is 9.93. The molecule has 2 aromatic heterocycles. The van der Waals surface area contributed by atoms with Gasteiger partial charge in [-0.05, 0) is 97.4 Å². The number of alkyl carbamates (subject to hydrolysis) is 2. The monoisotopic (exact) mass is 898 g/mol.